The van der Waals surface area contributed by atoms with Crippen molar-refractivity contribution < 1.29 is 14.3 Å². The lowest BCUT2D eigenvalue weighted by molar-refractivity contribution is 0.0950. The number of amides is 1. The highest BCUT2D eigenvalue weighted by molar-refractivity contribution is 5.97. The highest BCUT2D eigenvalue weighted by Crippen LogP contribution is 2.43. The van der Waals surface area contributed by atoms with E-state index in [2.05, 4.69) is 68.3 Å². The molecule has 7 nitrogen and oxygen atoms in total. The maximum Gasteiger partial charge on any atom is 0.253 e. The van der Waals surface area contributed by atoms with Crippen LogP contribution in [0.1, 0.15) is 96.6 Å². The van der Waals surface area contributed by atoms with Crippen molar-refractivity contribution in [3.05, 3.63) is 86.3 Å². The molecule has 0 aliphatic heterocycles. The zero-order valence-electron chi connectivity index (χ0n) is 29.3. The number of aromatic nitrogens is 1. The molecular formula is C39H55N3O4. The summed E-state index contributed by atoms with van der Waals surface area (Å²) in [4.78, 5) is 31.9. The van der Waals surface area contributed by atoms with Crippen LogP contribution >= 0.6 is 0 Å². The van der Waals surface area contributed by atoms with E-state index in [9.17, 15) is 9.59 Å². The average molecular weight is 630 g/mol. The minimum Gasteiger partial charge on any atom is -0.491 e. The largest absolute Gasteiger partial charge is 0.491 e. The van der Waals surface area contributed by atoms with Gasteiger partial charge < -0.3 is 24.7 Å². The number of carbonyl (C=O) groups excluding carboxylic acids is 1. The summed E-state index contributed by atoms with van der Waals surface area (Å²) in [6.45, 7) is 11.7. The van der Waals surface area contributed by atoms with Crippen LogP contribution in [0.25, 0.3) is 11.1 Å². The summed E-state index contributed by atoms with van der Waals surface area (Å²) in [5, 5.41) is 3.08. The first-order chi connectivity index (χ1) is 22.0. The molecule has 2 unspecified atom stereocenters. The molecule has 1 heterocycles. The Morgan fingerprint density at radius 1 is 1.00 bits per heavy atom. The third-order valence-electron chi connectivity index (χ3n) is 10.2. The zero-order chi connectivity index (χ0) is 33.4. The Balaban J connectivity index is 1.69. The van der Waals surface area contributed by atoms with Crippen LogP contribution in [0.15, 0.2) is 47.3 Å². The number of rotatable bonds is 14. The van der Waals surface area contributed by atoms with Crippen molar-refractivity contribution in [2.75, 3.05) is 34.4 Å². The monoisotopic (exact) mass is 629 g/mol. The van der Waals surface area contributed by atoms with Crippen LogP contribution in [0.5, 0.6) is 5.75 Å². The number of H-pyrrole nitrogens is 1. The van der Waals surface area contributed by atoms with Gasteiger partial charge in [-0.25, -0.2) is 0 Å². The van der Waals surface area contributed by atoms with Crippen LogP contribution in [0.3, 0.4) is 0 Å². The maximum absolute atomic E-state index is 13.9. The molecule has 0 saturated heterocycles. The van der Waals surface area contributed by atoms with Gasteiger partial charge in [-0.05, 0) is 137 Å². The standard InChI is InChI=1S/C39H55N3O4/c1-9-10-34(30-11-15-32(16-12-30)42(6)7)27(4)35-22-31(29-13-17-33(18-14-29)46-20-19-45-8)23-36(28(35)5)38(43)40-24-37-25(2)21-26(3)41-39(37)44/h13-14,17-18,21-23,27,30,32,34H,9-12,15-16,19-20,24H2,1-8H3,(H,40,43)(H,41,44). The Kier molecular flexibility index (Phi) is 12.6. The molecule has 1 aliphatic rings. The van der Waals surface area contributed by atoms with Crippen LogP contribution in [-0.2, 0) is 11.3 Å². The van der Waals surface area contributed by atoms with E-state index >= 15 is 0 Å². The minimum absolute atomic E-state index is 0.156. The summed E-state index contributed by atoms with van der Waals surface area (Å²) in [7, 11) is 6.07. The second-order valence-electron chi connectivity index (χ2n) is 13.5. The Morgan fingerprint density at radius 3 is 2.30 bits per heavy atom. The molecule has 2 N–H and O–H groups in total. The molecule has 1 saturated carbocycles. The van der Waals surface area contributed by atoms with E-state index < -0.39 is 0 Å². The molecule has 250 valence electrons. The molecular weight excluding hydrogens is 574 g/mol. The average Bonchev–Trinajstić information content (AvgIpc) is 3.03. The predicted octanol–water partition coefficient (Wildman–Crippen LogP) is 7.56. The van der Waals surface area contributed by atoms with E-state index in [-0.39, 0.29) is 18.0 Å². The Hall–Kier alpha value is -3.42. The van der Waals surface area contributed by atoms with Gasteiger partial charge in [0.1, 0.15) is 12.4 Å². The van der Waals surface area contributed by atoms with Gasteiger partial charge in [0.2, 0.25) is 0 Å². The van der Waals surface area contributed by atoms with E-state index in [1.807, 2.05) is 38.1 Å². The molecule has 3 aromatic rings. The highest BCUT2D eigenvalue weighted by Gasteiger charge is 2.33. The van der Waals surface area contributed by atoms with Crippen molar-refractivity contribution in [1.29, 1.82) is 0 Å². The fourth-order valence-corrected chi connectivity index (χ4v) is 7.47. The molecule has 1 amide bonds. The number of nitrogens with zero attached hydrogens (tertiary/aromatic N) is 1. The fraction of sp³-hybridized carbons (Fsp3) is 0.538. The Labute approximate surface area is 276 Å². The summed E-state index contributed by atoms with van der Waals surface area (Å²) in [5.41, 5.74) is 7.08. The first-order valence-corrected chi connectivity index (χ1v) is 17.0. The lowest BCUT2D eigenvalue weighted by Crippen LogP contribution is -2.35. The number of methoxy groups -OCH3 is 1. The van der Waals surface area contributed by atoms with Crippen molar-refractivity contribution in [2.24, 2.45) is 11.8 Å². The molecule has 7 heteroatoms. The van der Waals surface area contributed by atoms with Crippen LogP contribution < -0.4 is 15.6 Å². The molecule has 1 aromatic heterocycles. The number of aryl methyl sites for hydroxylation is 2. The summed E-state index contributed by atoms with van der Waals surface area (Å²) < 4.78 is 10.9. The van der Waals surface area contributed by atoms with E-state index in [1.54, 1.807) is 7.11 Å². The minimum atomic E-state index is -0.162. The molecule has 0 bridgehead atoms. The topological polar surface area (TPSA) is 83.7 Å². The number of nitrogens with one attached hydrogen (secondary N) is 2. The molecule has 0 spiro atoms. The van der Waals surface area contributed by atoms with E-state index in [0.29, 0.717) is 48.1 Å². The van der Waals surface area contributed by atoms with E-state index in [0.717, 1.165) is 40.1 Å². The fourth-order valence-electron chi connectivity index (χ4n) is 7.47. The first-order valence-electron chi connectivity index (χ1n) is 17.0. The van der Waals surface area contributed by atoms with Crippen LogP contribution in [-0.4, -0.2) is 56.3 Å². The number of benzene rings is 2. The summed E-state index contributed by atoms with van der Waals surface area (Å²) in [6, 6.07) is 15.0. The lowest BCUT2D eigenvalue weighted by Gasteiger charge is -2.39. The molecule has 2 atom stereocenters. The van der Waals surface area contributed by atoms with Gasteiger partial charge in [0.25, 0.3) is 11.5 Å². The van der Waals surface area contributed by atoms with Crippen LogP contribution in [0, 0.1) is 32.6 Å². The number of aromatic amines is 1. The number of hydrogen-bond donors (Lipinski definition) is 2. The van der Waals surface area contributed by atoms with Gasteiger partial charge >= 0.3 is 0 Å². The van der Waals surface area contributed by atoms with Crippen molar-refractivity contribution in [3.8, 4) is 16.9 Å². The van der Waals surface area contributed by atoms with Crippen molar-refractivity contribution >= 4 is 5.91 Å². The Bertz CT molecular complexity index is 1500. The summed E-state index contributed by atoms with van der Waals surface area (Å²) in [5.74, 6) is 2.14. The number of carbonyl (C=O) groups is 1. The quantitative estimate of drug-likeness (QED) is 0.180. The molecule has 2 aromatic carbocycles. The van der Waals surface area contributed by atoms with Gasteiger partial charge in [0.05, 0.1) is 6.61 Å². The lowest BCUT2D eigenvalue weighted by atomic mass is 9.69. The first kappa shape index (κ1) is 35.4. The molecule has 4 rings (SSSR count). The van der Waals surface area contributed by atoms with Gasteiger partial charge in [-0.2, -0.15) is 0 Å². The van der Waals surface area contributed by atoms with Crippen LogP contribution in [0.4, 0.5) is 0 Å². The second kappa shape index (κ2) is 16.4. The summed E-state index contributed by atoms with van der Waals surface area (Å²) >= 11 is 0. The second-order valence-corrected chi connectivity index (χ2v) is 13.5. The smallest absolute Gasteiger partial charge is 0.253 e. The van der Waals surface area contributed by atoms with E-state index in [4.69, 9.17) is 9.47 Å². The molecule has 0 radical (unpaired) electrons. The SMILES string of the molecule is CCCC(C1CCC(N(C)C)CC1)C(C)c1cc(-c2ccc(OCCOC)cc2)cc(C(=O)NCc2c(C)cc(C)[nH]c2=O)c1C. The third-order valence-corrected chi connectivity index (χ3v) is 10.2. The summed E-state index contributed by atoms with van der Waals surface area (Å²) in [6.07, 6.45) is 7.30. The van der Waals surface area contributed by atoms with Gasteiger partial charge in [0.15, 0.2) is 0 Å². The van der Waals surface area contributed by atoms with E-state index in [1.165, 1.54) is 37.7 Å². The number of pyridine rings is 1. The molecule has 1 aliphatic carbocycles. The predicted molar refractivity (Wildman–Crippen MR) is 188 cm³/mol. The van der Waals surface area contributed by atoms with Crippen LogP contribution in [0.2, 0.25) is 0 Å². The zero-order valence-corrected chi connectivity index (χ0v) is 29.3. The molecule has 1 fully saturated rings. The van der Waals surface area contributed by atoms with Gasteiger partial charge in [-0.15, -0.1) is 0 Å². The number of ether oxygens (including phenoxy) is 2. The number of hydrogen-bond acceptors (Lipinski definition) is 5. The van der Waals surface area contributed by atoms with Gasteiger partial charge in [-0.1, -0.05) is 38.5 Å². The van der Waals surface area contributed by atoms with Gasteiger partial charge in [0, 0.05) is 36.5 Å². The maximum atomic E-state index is 13.9. The normalized spacial score (nSPS) is 17.9. The van der Waals surface area contributed by atoms with Crippen molar-refractivity contribution in [2.45, 2.75) is 91.6 Å². The van der Waals surface area contributed by atoms with Crippen molar-refractivity contribution in [3.63, 3.8) is 0 Å². The third kappa shape index (κ3) is 8.68. The van der Waals surface area contributed by atoms with Gasteiger partial charge in [-0.3, -0.25) is 9.59 Å². The molecule has 46 heavy (non-hydrogen) atoms. The van der Waals surface area contributed by atoms with Crippen molar-refractivity contribution in [1.82, 2.24) is 15.2 Å². The highest BCUT2D eigenvalue weighted by atomic mass is 16.5. The Morgan fingerprint density at radius 2 is 1.70 bits per heavy atom.